The van der Waals surface area contributed by atoms with E-state index < -0.39 is 0 Å². The number of hydrogen-bond donors (Lipinski definition) is 0. The molecule has 556 valence electrons. The predicted molar refractivity (Wildman–Crippen MR) is 469 cm³/mol. The second-order valence-electron chi connectivity index (χ2n) is 31.9. The molecule has 2 nitrogen and oxygen atoms in total. The fraction of sp³-hybridized carbons (Fsp3) is 0.417. The van der Waals surface area contributed by atoms with Crippen molar-refractivity contribution in [3.63, 3.8) is 0 Å². The molecule has 107 heavy (non-hydrogen) atoms. The van der Waals surface area contributed by atoms with Gasteiger partial charge in [-0.15, -0.1) is 22.7 Å². The number of unbranched alkanes of at least 4 members (excludes halogenated alkanes) is 28. The molecular formula is C103H122N2S2. The molecule has 3 heterocycles. The lowest BCUT2D eigenvalue weighted by atomic mass is 9.69. The molecule has 0 N–H and O–H groups in total. The third-order valence-corrected chi connectivity index (χ3v) is 26.1. The summed E-state index contributed by atoms with van der Waals surface area (Å²) in [6.45, 7) is 9.83. The van der Waals surface area contributed by atoms with Gasteiger partial charge >= 0.3 is 0 Å². The van der Waals surface area contributed by atoms with Crippen LogP contribution in [0.1, 0.15) is 302 Å². The van der Waals surface area contributed by atoms with Gasteiger partial charge in [0.05, 0.1) is 10.7 Å². The van der Waals surface area contributed by atoms with Crippen LogP contribution in [0.25, 0.3) is 102 Å². The molecule has 4 heteroatoms. The van der Waals surface area contributed by atoms with Crippen LogP contribution in [-0.4, -0.2) is 6.67 Å². The predicted octanol–water partition coefficient (Wildman–Crippen LogP) is 31.4. The lowest BCUT2D eigenvalue weighted by Crippen LogP contribution is -2.27. The minimum atomic E-state index is -0.162. The zero-order chi connectivity index (χ0) is 73.3. The number of fused-ring (bicyclic) bond motifs is 7. The van der Waals surface area contributed by atoms with Crippen molar-refractivity contribution in [3.05, 3.63) is 247 Å². The molecule has 8 aromatic carbocycles. The standard InChI is InChI=1S/C103H122N2S2/c1-5-9-13-17-21-25-29-39-65-102(66-40-30-26-22-18-14-10-6-2)96-73-80(78-45-35-33-36-46-78)53-59-90(96)92-61-55-84(75-98(92)102)94-71-82(52-58-87-50-44-70-107-87)95(72-81(94)51-57-86-49-43-69-106-86)85-56-62-93-91-60-54-83(89-64-63-88(79-47-37-34-38-48-79)100-101(89)105-77-104-100)74-97(91)103(99(93)76-85,67-41-31-27-23-19-15-11-7-3)68-42-32-28-24-20-16-12-8-4/h33-38,43-64,69-76H,5-32,39-42,65-68,77H2,1-4H3/b57-51+,58-52+. The van der Waals surface area contributed by atoms with Gasteiger partial charge in [0, 0.05) is 31.7 Å². The summed E-state index contributed by atoms with van der Waals surface area (Å²) in [6, 6.07) is 71.5. The molecule has 3 aliphatic rings. The van der Waals surface area contributed by atoms with Gasteiger partial charge in [-0.1, -0.05) is 379 Å². The van der Waals surface area contributed by atoms with Crippen LogP contribution >= 0.6 is 22.7 Å². The summed E-state index contributed by atoms with van der Waals surface area (Å²) in [4.78, 5) is 12.8. The van der Waals surface area contributed by atoms with Gasteiger partial charge in [0.2, 0.25) is 0 Å². The van der Waals surface area contributed by atoms with Crippen molar-refractivity contribution >= 4 is 47.0 Å². The molecule has 0 amide bonds. The molecule has 1 aliphatic heterocycles. The van der Waals surface area contributed by atoms with Crippen molar-refractivity contribution in [2.24, 2.45) is 9.98 Å². The smallest absolute Gasteiger partial charge is 0.130 e. The number of hydrogen-bond acceptors (Lipinski definition) is 4. The van der Waals surface area contributed by atoms with Crippen LogP contribution in [-0.2, 0) is 10.8 Å². The number of thiophene rings is 2. The van der Waals surface area contributed by atoms with Crippen LogP contribution < -0.4 is 10.7 Å². The minimum Gasteiger partial charge on any atom is -0.259 e. The largest absolute Gasteiger partial charge is 0.259 e. The molecule has 0 fully saturated rings. The van der Waals surface area contributed by atoms with Crippen molar-refractivity contribution in [1.29, 1.82) is 0 Å². The third kappa shape index (κ3) is 18.9. The molecule has 0 saturated carbocycles. The summed E-state index contributed by atoms with van der Waals surface area (Å²) in [7, 11) is 0. The molecule has 0 bridgehead atoms. The lowest BCUT2D eigenvalue weighted by Gasteiger charge is -2.34. The van der Waals surface area contributed by atoms with Crippen LogP contribution in [0.4, 0.5) is 0 Å². The van der Waals surface area contributed by atoms with E-state index in [-0.39, 0.29) is 10.8 Å². The van der Waals surface area contributed by atoms with Crippen LogP contribution in [0.5, 0.6) is 0 Å². The molecule has 0 saturated heterocycles. The van der Waals surface area contributed by atoms with Crippen LogP contribution in [0.2, 0.25) is 0 Å². The van der Waals surface area contributed by atoms with Gasteiger partial charge in [-0.25, -0.2) is 0 Å². The summed E-state index contributed by atoms with van der Waals surface area (Å²) < 4.78 is 0. The van der Waals surface area contributed by atoms with Gasteiger partial charge in [-0.2, -0.15) is 0 Å². The fourth-order valence-electron chi connectivity index (χ4n) is 18.6. The maximum absolute atomic E-state index is 5.19. The maximum atomic E-state index is 5.19. The Morgan fingerprint density at radius 2 is 0.561 bits per heavy atom. The molecule has 2 aliphatic carbocycles. The Kier molecular flexibility index (Phi) is 28.6. The first-order valence-corrected chi connectivity index (χ1v) is 44.5. The summed E-state index contributed by atoms with van der Waals surface area (Å²) in [6.07, 6.45) is 56.5. The summed E-state index contributed by atoms with van der Waals surface area (Å²) in [5, 5.41) is 6.52. The molecule has 0 spiro atoms. The monoisotopic (exact) mass is 1450 g/mol. The molecule has 2 aromatic heterocycles. The Morgan fingerprint density at radius 1 is 0.262 bits per heavy atom. The molecule has 13 rings (SSSR count). The van der Waals surface area contributed by atoms with Gasteiger partial charge in [0.1, 0.15) is 6.67 Å². The van der Waals surface area contributed by atoms with Gasteiger partial charge in [0.25, 0.3) is 0 Å². The van der Waals surface area contributed by atoms with Crippen molar-refractivity contribution in [3.8, 4) is 77.9 Å². The van der Waals surface area contributed by atoms with Crippen molar-refractivity contribution < 1.29 is 0 Å². The zero-order valence-corrected chi connectivity index (χ0v) is 67.3. The van der Waals surface area contributed by atoms with Gasteiger partial charge in [-0.05, 0) is 197 Å². The zero-order valence-electron chi connectivity index (χ0n) is 65.7. The van der Waals surface area contributed by atoms with E-state index in [0.717, 1.165) is 23.6 Å². The van der Waals surface area contributed by atoms with E-state index in [1.165, 1.54) is 328 Å². The van der Waals surface area contributed by atoms with Gasteiger partial charge in [0.15, 0.2) is 0 Å². The highest BCUT2D eigenvalue weighted by atomic mass is 32.1. The van der Waals surface area contributed by atoms with Gasteiger partial charge < -0.3 is 0 Å². The molecule has 0 radical (unpaired) electrons. The second-order valence-corrected chi connectivity index (χ2v) is 33.8. The maximum Gasteiger partial charge on any atom is 0.130 e. The minimum absolute atomic E-state index is 0.0958. The normalized spacial score (nSPS) is 13.6. The Balaban J connectivity index is 0.952. The van der Waals surface area contributed by atoms with E-state index in [9.17, 15) is 0 Å². The quantitative estimate of drug-likeness (QED) is 0.0340. The van der Waals surface area contributed by atoms with E-state index >= 15 is 0 Å². The number of rotatable bonds is 45. The molecular weight excluding hydrogens is 1330 g/mol. The number of benzene rings is 8. The number of nitrogens with zero attached hydrogens (tertiary/aromatic N) is 2. The van der Waals surface area contributed by atoms with Crippen molar-refractivity contribution in [1.82, 2.24) is 0 Å². The SMILES string of the molecule is CCCCCCCCCCC1(CCCCCCCCCC)c2cc(-c3ccccc3)ccc2-c2ccc(-c3cc(/C=C/c4cccs4)c(-c4ccc5c(c4)C(CCCCCCCCCC)(CCCCCCCCCC)c4cc(-c6ccc(-c7ccccc7)c7c6=NCN=7)ccc4-5)cc3/C=C/c3cccs3)cc21. The molecule has 0 atom stereocenters. The van der Waals surface area contributed by atoms with E-state index in [1.54, 1.807) is 11.1 Å². The van der Waals surface area contributed by atoms with Gasteiger partial charge in [-0.3, -0.25) is 9.98 Å². The first-order valence-electron chi connectivity index (χ1n) is 42.8. The highest BCUT2D eigenvalue weighted by Crippen LogP contribution is 2.58. The highest BCUT2D eigenvalue weighted by molar-refractivity contribution is 7.11. The van der Waals surface area contributed by atoms with Crippen molar-refractivity contribution in [2.75, 3.05) is 6.67 Å². The average molecular weight is 1450 g/mol. The Labute approximate surface area is 653 Å². The first kappa shape index (κ1) is 77.4. The van der Waals surface area contributed by atoms with E-state index in [0.29, 0.717) is 6.67 Å². The summed E-state index contributed by atoms with van der Waals surface area (Å²) in [5.41, 5.74) is 26.8. The van der Waals surface area contributed by atoms with Crippen LogP contribution in [0.15, 0.2) is 203 Å². The first-order chi connectivity index (χ1) is 52.9. The Morgan fingerprint density at radius 3 is 0.907 bits per heavy atom. The van der Waals surface area contributed by atoms with E-state index in [1.807, 2.05) is 22.7 Å². The fourth-order valence-corrected chi connectivity index (χ4v) is 19.8. The summed E-state index contributed by atoms with van der Waals surface area (Å²) >= 11 is 3.65. The average Bonchev–Trinajstić information content (AvgIpc) is 1.57. The second kappa shape index (κ2) is 39.6. The lowest BCUT2D eigenvalue weighted by molar-refractivity contribution is 0.397. The molecule has 10 aromatic rings. The summed E-state index contributed by atoms with van der Waals surface area (Å²) in [5.74, 6) is 0. The van der Waals surface area contributed by atoms with Crippen molar-refractivity contribution in [2.45, 2.75) is 270 Å². The Hall–Kier alpha value is -7.76. The van der Waals surface area contributed by atoms with Crippen LogP contribution in [0, 0.1) is 0 Å². The molecule has 0 unspecified atom stereocenters. The van der Waals surface area contributed by atoms with E-state index in [2.05, 4.69) is 245 Å². The van der Waals surface area contributed by atoms with Crippen LogP contribution in [0.3, 0.4) is 0 Å². The Bertz CT molecular complexity index is 4580. The topological polar surface area (TPSA) is 24.7 Å². The third-order valence-electron chi connectivity index (χ3n) is 24.4. The highest BCUT2D eigenvalue weighted by Gasteiger charge is 2.45. The van der Waals surface area contributed by atoms with E-state index in [4.69, 9.17) is 9.98 Å².